The molecule has 0 spiro atoms. The fourth-order valence-corrected chi connectivity index (χ4v) is 0.786. The van der Waals surface area contributed by atoms with Crippen LogP contribution in [0.15, 0.2) is 4.99 Å². The second kappa shape index (κ2) is 3.23. The highest BCUT2D eigenvalue weighted by atomic mass is 19.4. The molecule has 0 saturated heterocycles. The number of rotatable bonds is 1. The van der Waals surface area contributed by atoms with Crippen molar-refractivity contribution < 1.29 is 27.4 Å². The summed E-state index contributed by atoms with van der Waals surface area (Å²) >= 11 is 0. The summed E-state index contributed by atoms with van der Waals surface area (Å²) < 4.78 is 44.1. The van der Waals surface area contributed by atoms with Crippen LogP contribution < -0.4 is 0 Å². The number of methoxy groups -OCH3 is 1. The number of ether oxygens (including phenoxy) is 2. The summed E-state index contributed by atoms with van der Waals surface area (Å²) in [7, 11) is 1.07. The average Bonchev–Trinajstić information content (AvgIpc) is 2.50. The van der Waals surface area contributed by atoms with E-state index < -0.39 is 24.1 Å². The Morgan fingerprint density at radius 1 is 1.69 bits per heavy atom. The van der Waals surface area contributed by atoms with E-state index in [9.17, 15) is 18.0 Å². The van der Waals surface area contributed by atoms with Crippen molar-refractivity contribution in [2.75, 3.05) is 13.7 Å². The van der Waals surface area contributed by atoms with Gasteiger partial charge in [0.2, 0.25) is 6.10 Å². The molecule has 0 radical (unpaired) electrons. The highest BCUT2D eigenvalue weighted by molar-refractivity contribution is 5.88. The number of nitrogens with zero attached hydrogens (tertiary/aromatic N) is 1. The SMILES string of the molecule is COC(=O)C1CN=C(C(F)(F)F)O1. The maximum absolute atomic E-state index is 11.9. The standard InChI is InChI=1S/C6H6F3NO3/c1-12-4(11)3-2-10-5(13-3)6(7,8)9/h3H,2H2,1H3. The van der Waals surface area contributed by atoms with Gasteiger partial charge in [-0.25, -0.2) is 9.79 Å². The van der Waals surface area contributed by atoms with E-state index in [-0.39, 0.29) is 6.54 Å². The first-order chi connectivity index (χ1) is 5.95. The lowest BCUT2D eigenvalue weighted by Crippen LogP contribution is -2.30. The Morgan fingerprint density at radius 2 is 2.31 bits per heavy atom. The topological polar surface area (TPSA) is 47.9 Å². The van der Waals surface area contributed by atoms with Crippen molar-refractivity contribution >= 4 is 11.9 Å². The maximum atomic E-state index is 11.9. The molecule has 13 heavy (non-hydrogen) atoms. The molecule has 1 atom stereocenters. The van der Waals surface area contributed by atoms with Crippen LogP contribution >= 0.6 is 0 Å². The second-order valence-electron chi connectivity index (χ2n) is 2.27. The molecule has 0 aromatic heterocycles. The van der Waals surface area contributed by atoms with E-state index in [1.807, 2.05) is 0 Å². The Hall–Kier alpha value is -1.27. The van der Waals surface area contributed by atoms with Gasteiger partial charge in [0.05, 0.1) is 13.7 Å². The van der Waals surface area contributed by atoms with Gasteiger partial charge in [-0.2, -0.15) is 13.2 Å². The number of hydrogen-bond acceptors (Lipinski definition) is 4. The lowest BCUT2D eigenvalue weighted by atomic mass is 10.4. The van der Waals surface area contributed by atoms with Gasteiger partial charge in [0, 0.05) is 0 Å². The van der Waals surface area contributed by atoms with E-state index >= 15 is 0 Å². The minimum absolute atomic E-state index is 0.346. The highest BCUT2D eigenvalue weighted by Gasteiger charge is 2.44. The third kappa shape index (κ3) is 2.10. The first kappa shape index (κ1) is 9.82. The zero-order valence-electron chi connectivity index (χ0n) is 6.59. The molecule has 0 aromatic carbocycles. The summed E-state index contributed by atoms with van der Waals surface area (Å²) in [6.45, 7) is -0.346. The monoisotopic (exact) mass is 197 g/mol. The van der Waals surface area contributed by atoms with E-state index in [2.05, 4.69) is 14.5 Å². The van der Waals surface area contributed by atoms with Crippen LogP contribution in [0.1, 0.15) is 0 Å². The Balaban J connectivity index is 2.57. The molecule has 0 saturated carbocycles. The van der Waals surface area contributed by atoms with Gasteiger partial charge in [0.1, 0.15) is 0 Å². The number of carbonyl (C=O) groups excluding carboxylic acids is 1. The molecule has 0 fully saturated rings. The predicted molar refractivity (Wildman–Crippen MR) is 35.2 cm³/mol. The summed E-state index contributed by atoms with van der Waals surface area (Å²) in [6, 6.07) is 0. The molecule has 1 rings (SSSR count). The Bertz CT molecular complexity index is 248. The van der Waals surface area contributed by atoms with Crippen molar-refractivity contribution in [3.63, 3.8) is 0 Å². The molecular formula is C6H6F3NO3. The Morgan fingerprint density at radius 3 is 2.69 bits per heavy atom. The fourth-order valence-electron chi connectivity index (χ4n) is 0.786. The van der Waals surface area contributed by atoms with Gasteiger partial charge in [-0.1, -0.05) is 0 Å². The minimum atomic E-state index is -4.64. The first-order valence-electron chi connectivity index (χ1n) is 3.31. The summed E-state index contributed by atoms with van der Waals surface area (Å²) in [6.07, 6.45) is -5.90. The fraction of sp³-hybridized carbons (Fsp3) is 0.667. The molecule has 4 nitrogen and oxygen atoms in total. The molecule has 0 amide bonds. The molecule has 0 aromatic rings. The number of aliphatic imine (C=N–C) groups is 1. The van der Waals surface area contributed by atoms with Crippen LogP contribution in [-0.2, 0) is 14.3 Å². The summed E-state index contributed by atoms with van der Waals surface area (Å²) in [5.41, 5.74) is 0. The lowest BCUT2D eigenvalue weighted by Gasteiger charge is -2.09. The summed E-state index contributed by atoms with van der Waals surface area (Å²) in [4.78, 5) is 13.7. The molecule has 1 unspecified atom stereocenters. The third-order valence-corrected chi connectivity index (χ3v) is 1.36. The summed E-state index contributed by atoms with van der Waals surface area (Å²) in [5.74, 6) is -2.23. The first-order valence-corrected chi connectivity index (χ1v) is 3.31. The lowest BCUT2D eigenvalue weighted by molar-refractivity contribution is -0.149. The van der Waals surface area contributed by atoms with Crippen LogP contribution in [0.25, 0.3) is 0 Å². The predicted octanol–water partition coefficient (Wildman–Crippen LogP) is 0.519. The number of esters is 1. The van der Waals surface area contributed by atoms with E-state index in [0.29, 0.717) is 0 Å². The van der Waals surface area contributed by atoms with E-state index in [1.165, 1.54) is 0 Å². The zero-order chi connectivity index (χ0) is 10.1. The van der Waals surface area contributed by atoms with Gasteiger partial charge in [-0.05, 0) is 0 Å². The van der Waals surface area contributed by atoms with Crippen LogP contribution in [0.5, 0.6) is 0 Å². The number of carbonyl (C=O) groups is 1. The van der Waals surface area contributed by atoms with Crippen LogP contribution in [0, 0.1) is 0 Å². The molecule has 1 aliphatic heterocycles. The summed E-state index contributed by atoms with van der Waals surface area (Å²) in [5, 5.41) is 0. The molecular weight excluding hydrogens is 191 g/mol. The van der Waals surface area contributed by atoms with Crippen molar-refractivity contribution in [3.05, 3.63) is 0 Å². The van der Waals surface area contributed by atoms with Gasteiger partial charge in [0.25, 0.3) is 5.90 Å². The number of hydrogen-bond donors (Lipinski definition) is 0. The van der Waals surface area contributed by atoms with Gasteiger partial charge in [-0.3, -0.25) is 0 Å². The van der Waals surface area contributed by atoms with Crippen molar-refractivity contribution in [3.8, 4) is 0 Å². The Labute approximate surface area is 71.3 Å². The maximum Gasteiger partial charge on any atom is 0.468 e. The molecule has 74 valence electrons. The highest BCUT2D eigenvalue weighted by Crippen LogP contribution is 2.22. The van der Waals surface area contributed by atoms with Crippen LogP contribution in [0.2, 0.25) is 0 Å². The molecule has 0 bridgehead atoms. The van der Waals surface area contributed by atoms with Gasteiger partial charge in [0.15, 0.2) is 0 Å². The normalized spacial score (nSPS) is 22.2. The molecule has 0 aliphatic carbocycles. The van der Waals surface area contributed by atoms with Crippen molar-refractivity contribution in [2.24, 2.45) is 4.99 Å². The molecule has 1 aliphatic rings. The zero-order valence-corrected chi connectivity index (χ0v) is 6.59. The van der Waals surface area contributed by atoms with Crippen LogP contribution in [0.4, 0.5) is 13.2 Å². The largest absolute Gasteiger partial charge is 0.468 e. The number of halogens is 3. The molecule has 1 heterocycles. The van der Waals surface area contributed by atoms with Crippen LogP contribution in [-0.4, -0.2) is 37.8 Å². The smallest absolute Gasteiger partial charge is 0.466 e. The third-order valence-electron chi connectivity index (χ3n) is 1.36. The van der Waals surface area contributed by atoms with Crippen molar-refractivity contribution in [1.29, 1.82) is 0 Å². The van der Waals surface area contributed by atoms with Gasteiger partial charge in [-0.15, -0.1) is 0 Å². The van der Waals surface area contributed by atoms with Crippen molar-refractivity contribution in [2.45, 2.75) is 12.3 Å². The average molecular weight is 197 g/mol. The minimum Gasteiger partial charge on any atom is -0.466 e. The molecule has 7 heteroatoms. The van der Waals surface area contributed by atoms with Gasteiger partial charge >= 0.3 is 12.1 Å². The number of alkyl halides is 3. The van der Waals surface area contributed by atoms with E-state index in [0.717, 1.165) is 7.11 Å². The van der Waals surface area contributed by atoms with Crippen LogP contribution in [0.3, 0.4) is 0 Å². The van der Waals surface area contributed by atoms with Crippen molar-refractivity contribution in [1.82, 2.24) is 0 Å². The quantitative estimate of drug-likeness (QED) is 0.575. The second-order valence-corrected chi connectivity index (χ2v) is 2.27. The molecule has 0 N–H and O–H groups in total. The van der Waals surface area contributed by atoms with Gasteiger partial charge < -0.3 is 9.47 Å². The van der Waals surface area contributed by atoms with E-state index in [4.69, 9.17) is 0 Å². The Kier molecular flexibility index (Phi) is 2.44. The van der Waals surface area contributed by atoms with E-state index in [1.54, 1.807) is 0 Å².